The summed E-state index contributed by atoms with van der Waals surface area (Å²) in [6, 6.07) is 0. The molecule has 0 spiro atoms. The van der Waals surface area contributed by atoms with E-state index >= 15 is 0 Å². The molecule has 0 aromatic carbocycles. The molecule has 5 nitrogen and oxygen atoms in total. The lowest BCUT2D eigenvalue weighted by Gasteiger charge is -2.14. The Morgan fingerprint density at radius 2 is 2.07 bits per heavy atom. The highest BCUT2D eigenvalue weighted by Crippen LogP contribution is 2.25. The third kappa shape index (κ3) is 1.30. The summed E-state index contributed by atoms with van der Waals surface area (Å²) in [5, 5.41) is 7.12. The van der Waals surface area contributed by atoms with Gasteiger partial charge >= 0.3 is 0 Å². The monoisotopic (exact) mass is 191 g/mol. The molecule has 0 aliphatic heterocycles. The molecule has 0 aliphatic rings. The predicted octanol–water partition coefficient (Wildman–Crippen LogP) is 1.23. The summed E-state index contributed by atoms with van der Waals surface area (Å²) in [5.74, 6) is 0.282. The lowest BCUT2D eigenvalue weighted by Crippen LogP contribution is -2.12. The number of hydrogen-bond donors (Lipinski definition) is 2. The molecule has 0 radical (unpaired) electrons. The Hall–Kier alpha value is -1.65. The molecule has 0 fully saturated rings. The van der Waals surface area contributed by atoms with E-state index in [0.29, 0.717) is 0 Å². The Kier molecular flexibility index (Phi) is 1.70. The molecule has 0 unspecified atom stereocenters. The van der Waals surface area contributed by atoms with Gasteiger partial charge in [-0.3, -0.25) is 5.10 Å². The maximum Gasteiger partial charge on any atom is 0.220 e. The van der Waals surface area contributed by atoms with E-state index in [1.54, 1.807) is 6.20 Å². The Labute approximate surface area is 81.7 Å². The zero-order chi connectivity index (χ0) is 10.3. The van der Waals surface area contributed by atoms with Crippen molar-refractivity contribution in [2.24, 2.45) is 0 Å². The first kappa shape index (κ1) is 8.93. The lowest BCUT2D eigenvalue weighted by molar-refractivity contribution is 0.570. The van der Waals surface area contributed by atoms with Gasteiger partial charge in [0, 0.05) is 5.41 Å². The van der Waals surface area contributed by atoms with Crippen LogP contribution in [0.1, 0.15) is 26.5 Å². The van der Waals surface area contributed by atoms with Crippen molar-refractivity contribution >= 4 is 17.0 Å². The van der Waals surface area contributed by atoms with Crippen molar-refractivity contribution in [2.75, 3.05) is 5.73 Å². The molecule has 74 valence electrons. The minimum absolute atomic E-state index is 0.0426. The summed E-state index contributed by atoms with van der Waals surface area (Å²) in [4.78, 5) is 8.07. The van der Waals surface area contributed by atoms with Gasteiger partial charge in [-0.2, -0.15) is 5.10 Å². The maximum atomic E-state index is 5.53. The highest BCUT2D eigenvalue weighted by atomic mass is 15.2. The average Bonchev–Trinajstić information content (AvgIpc) is 2.45. The van der Waals surface area contributed by atoms with Gasteiger partial charge < -0.3 is 5.73 Å². The fourth-order valence-electron chi connectivity index (χ4n) is 1.35. The topological polar surface area (TPSA) is 80.5 Å². The third-order valence-electron chi connectivity index (χ3n) is 2.03. The van der Waals surface area contributed by atoms with E-state index in [-0.39, 0.29) is 11.4 Å². The van der Waals surface area contributed by atoms with Gasteiger partial charge in [-0.25, -0.2) is 9.97 Å². The first-order valence-corrected chi connectivity index (χ1v) is 4.45. The SMILES string of the molecule is CC(C)(C)c1n[nH]c2cnc(N)nc12. The van der Waals surface area contributed by atoms with Gasteiger partial charge in [-0.15, -0.1) is 0 Å². The molecule has 2 heterocycles. The number of H-pyrrole nitrogens is 1. The van der Waals surface area contributed by atoms with Crippen LogP contribution in [-0.2, 0) is 5.41 Å². The minimum Gasteiger partial charge on any atom is -0.368 e. The number of anilines is 1. The van der Waals surface area contributed by atoms with Crippen LogP contribution in [0, 0.1) is 0 Å². The zero-order valence-electron chi connectivity index (χ0n) is 8.50. The summed E-state index contributed by atoms with van der Waals surface area (Å²) in [6.45, 7) is 6.25. The normalized spacial score (nSPS) is 12.2. The molecule has 0 atom stereocenters. The van der Waals surface area contributed by atoms with Crippen LogP contribution in [0.5, 0.6) is 0 Å². The molecule has 3 N–H and O–H groups in total. The third-order valence-corrected chi connectivity index (χ3v) is 2.03. The first-order chi connectivity index (χ1) is 6.48. The van der Waals surface area contributed by atoms with Gasteiger partial charge in [0.2, 0.25) is 5.95 Å². The van der Waals surface area contributed by atoms with Crippen LogP contribution in [0.2, 0.25) is 0 Å². The number of fused-ring (bicyclic) bond motifs is 1. The summed E-state index contributed by atoms with van der Waals surface area (Å²) in [7, 11) is 0. The highest BCUT2D eigenvalue weighted by molar-refractivity contribution is 5.77. The maximum absolute atomic E-state index is 5.53. The van der Waals surface area contributed by atoms with Crippen molar-refractivity contribution in [2.45, 2.75) is 26.2 Å². The quantitative estimate of drug-likeness (QED) is 0.656. The zero-order valence-corrected chi connectivity index (χ0v) is 8.50. The molecule has 14 heavy (non-hydrogen) atoms. The Morgan fingerprint density at radius 3 is 2.71 bits per heavy atom. The van der Waals surface area contributed by atoms with Gasteiger partial charge in [0.15, 0.2) is 0 Å². The van der Waals surface area contributed by atoms with Gasteiger partial charge in [-0.05, 0) is 0 Å². The van der Waals surface area contributed by atoms with Crippen molar-refractivity contribution in [1.29, 1.82) is 0 Å². The van der Waals surface area contributed by atoms with Gasteiger partial charge in [-0.1, -0.05) is 20.8 Å². The molecule has 5 heteroatoms. The van der Waals surface area contributed by atoms with E-state index in [0.717, 1.165) is 16.7 Å². The van der Waals surface area contributed by atoms with E-state index in [9.17, 15) is 0 Å². The highest BCUT2D eigenvalue weighted by Gasteiger charge is 2.21. The van der Waals surface area contributed by atoms with Crippen molar-refractivity contribution in [3.05, 3.63) is 11.9 Å². The molecule has 2 aromatic heterocycles. The molecule has 0 saturated heterocycles. The van der Waals surface area contributed by atoms with Crippen LogP contribution in [0.25, 0.3) is 11.0 Å². The minimum atomic E-state index is -0.0426. The molecular formula is C9H13N5. The van der Waals surface area contributed by atoms with E-state index in [1.807, 2.05) is 0 Å². The van der Waals surface area contributed by atoms with Crippen LogP contribution < -0.4 is 5.73 Å². The smallest absolute Gasteiger partial charge is 0.220 e. The van der Waals surface area contributed by atoms with Gasteiger partial charge in [0.05, 0.1) is 11.9 Å². The van der Waals surface area contributed by atoms with Gasteiger partial charge in [0.25, 0.3) is 0 Å². The summed E-state index contributed by atoms with van der Waals surface area (Å²) in [6.07, 6.45) is 1.65. The number of nitrogen functional groups attached to an aromatic ring is 1. The number of hydrogen-bond acceptors (Lipinski definition) is 4. The van der Waals surface area contributed by atoms with E-state index < -0.39 is 0 Å². The Morgan fingerprint density at radius 1 is 1.36 bits per heavy atom. The first-order valence-electron chi connectivity index (χ1n) is 4.45. The number of nitrogens with zero attached hydrogens (tertiary/aromatic N) is 3. The predicted molar refractivity (Wildman–Crippen MR) is 54.8 cm³/mol. The van der Waals surface area contributed by atoms with Crippen LogP contribution in [-0.4, -0.2) is 20.2 Å². The molecule has 0 saturated carbocycles. The van der Waals surface area contributed by atoms with Gasteiger partial charge in [0.1, 0.15) is 11.0 Å². The summed E-state index contributed by atoms with van der Waals surface area (Å²) < 4.78 is 0. The van der Waals surface area contributed by atoms with E-state index in [2.05, 4.69) is 40.9 Å². The van der Waals surface area contributed by atoms with Crippen molar-refractivity contribution in [1.82, 2.24) is 20.2 Å². The van der Waals surface area contributed by atoms with Crippen LogP contribution in [0.3, 0.4) is 0 Å². The second-order valence-electron chi connectivity index (χ2n) is 4.31. The Bertz CT molecular complexity index is 465. The second-order valence-corrected chi connectivity index (χ2v) is 4.31. The fraction of sp³-hybridized carbons (Fsp3) is 0.444. The number of aromatic amines is 1. The number of rotatable bonds is 0. The molecule has 0 bridgehead atoms. The molecule has 0 amide bonds. The van der Waals surface area contributed by atoms with Crippen LogP contribution in [0.4, 0.5) is 5.95 Å². The average molecular weight is 191 g/mol. The van der Waals surface area contributed by atoms with Crippen LogP contribution in [0.15, 0.2) is 6.20 Å². The van der Waals surface area contributed by atoms with Crippen molar-refractivity contribution in [3.8, 4) is 0 Å². The van der Waals surface area contributed by atoms with E-state index in [4.69, 9.17) is 5.73 Å². The molecule has 0 aliphatic carbocycles. The molecule has 2 rings (SSSR count). The van der Waals surface area contributed by atoms with Crippen molar-refractivity contribution in [3.63, 3.8) is 0 Å². The lowest BCUT2D eigenvalue weighted by atomic mass is 9.91. The van der Waals surface area contributed by atoms with Crippen molar-refractivity contribution < 1.29 is 0 Å². The Balaban J connectivity index is 2.73. The number of aromatic nitrogens is 4. The summed E-state index contributed by atoms with van der Waals surface area (Å²) >= 11 is 0. The second kappa shape index (κ2) is 2.67. The standard InChI is InChI=1S/C9H13N5/c1-9(2,3)7-6-5(13-14-7)4-11-8(10)12-6/h4H,1-3H3,(H,13,14)(H2,10,11,12). The number of nitrogens with one attached hydrogen (secondary N) is 1. The molecule has 2 aromatic rings. The van der Waals surface area contributed by atoms with Crippen LogP contribution >= 0.6 is 0 Å². The molecular weight excluding hydrogens is 178 g/mol. The number of nitrogens with two attached hydrogens (primary N) is 1. The van der Waals surface area contributed by atoms with E-state index in [1.165, 1.54) is 0 Å². The largest absolute Gasteiger partial charge is 0.368 e. The summed E-state index contributed by atoms with van der Waals surface area (Å²) in [5.41, 5.74) is 8.04. The fourth-order valence-corrected chi connectivity index (χ4v) is 1.35.